The molecule has 0 rings (SSSR count). The second kappa shape index (κ2) is 123. The molecule has 2 radical (unpaired) electrons. The van der Waals surface area contributed by atoms with Crippen LogP contribution in [0.2, 0.25) is 0 Å². The fraction of sp³-hybridized carbons (Fsp3) is 0. The topological polar surface area (TPSA) is 142 Å². The van der Waals surface area contributed by atoms with Gasteiger partial charge < -0.3 is 27.4 Å². The first-order chi connectivity index (χ1) is 0. The quantitative estimate of drug-likeness (QED) is 0.423. The molecule has 0 aromatic heterocycles. The van der Waals surface area contributed by atoms with Crippen molar-refractivity contribution in [3.05, 3.63) is 0 Å². The van der Waals surface area contributed by atoms with Crippen molar-refractivity contribution in [2.24, 2.45) is 0 Å². The van der Waals surface area contributed by atoms with Crippen LogP contribution >= 0.6 is 0 Å². The van der Waals surface area contributed by atoms with E-state index in [1.165, 1.54) is 0 Å². The van der Waals surface area contributed by atoms with E-state index in [9.17, 15) is 0 Å². The van der Waals surface area contributed by atoms with Crippen LogP contribution in [0.15, 0.2) is 0 Å². The minimum atomic E-state index is 0. The SMILES string of the molecule is [Ba+2].[Cu+2].[Mg+2].[Mn+2].[O-2].[O-2].[O-2].[O-2].[O-2].[Zn+2]. The van der Waals surface area contributed by atoms with Gasteiger partial charge in [-0.25, -0.2) is 0 Å². The predicted octanol–water partition coefficient (Wildman–Crippen LogP) is -1.36. The van der Waals surface area contributed by atoms with E-state index in [-0.39, 0.29) is 153 Å². The van der Waals surface area contributed by atoms with Crippen molar-refractivity contribution in [2.75, 3.05) is 0 Å². The fourth-order valence-electron chi connectivity index (χ4n) is 0. The molecule has 10 heavy (non-hydrogen) atoms. The van der Waals surface area contributed by atoms with Crippen LogP contribution in [0.3, 0.4) is 0 Å². The molecule has 0 aliphatic heterocycles. The Balaban J connectivity index is 0. The molecule has 0 aliphatic carbocycles. The van der Waals surface area contributed by atoms with Crippen molar-refractivity contribution in [3.8, 4) is 0 Å². The summed E-state index contributed by atoms with van der Waals surface area (Å²) in [7, 11) is 0. The maximum absolute atomic E-state index is 0. The smallest absolute Gasteiger partial charge is 2.00 e. The molecule has 10 heteroatoms. The monoisotopic (exact) mass is 424 g/mol. The van der Waals surface area contributed by atoms with Gasteiger partial charge in [-0.05, 0) is 0 Å². The summed E-state index contributed by atoms with van der Waals surface area (Å²) in [5.74, 6) is 0. The average molecular weight is 426 g/mol. The van der Waals surface area contributed by atoms with Crippen molar-refractivity contribution < 1.29 is 81.0 Å². The molecule has 0 bridgehead atoms. The molecule has 0 amide bonds. The van der Waals surface area contributed by atoms with Gasteiger partial charge in [0, 0.05) is 0 Å². The van der Waals surface area contributed by atoms with E-state index < -0.39 is 0 Å². The molecule has 0 aromatic rings. The summed E-state index contributed by atoms with van der Waals surface area (Å²) in [6.07, 6.45) is 0. The summed E-state index contributed by atoms with van der Waals surface area (Å²) in [6.45, 7) is 0. The zero-order valence-electron chi connectivity index (χ0n) is 4.84. The largest absolute Gasteiger partial charge is 2.00 e. The zero-order chi connectivity index (χ0) is 0. The molecule has 0 aromatic carbocycles. The van der Waals surface area contributed by atoms with Crippen LogP contribution in [-0.2, 0) is 81.0 Å². The van der Waals surface area contributed by atoms with Gasteiger partial charge in [0.15, 0.2) is 0 Å². The molecule has 0 saturated carbocycles. The van der Waals surface area contributed by atoms with Crippen molar-refractivity contribution in [3.63, 3.8) is 0 Å². The third-order valence-corrected chi connectivity index (χ3v) is 0. The molecular formula is BaCuMgMnO5Zn. The average Bonchev–Trinajstić information content (AvgIpc) is 0. The standard InChI is InChI=1S/Ba.Cu.Mg.Mn.5O.Zn/q4*+2;5*-2;+2. The summed E-state index contributed by atoms with van der Waals surface area (Å²) in [4.78, 5) is 0. The van der Waals surface area contributed by atoms with Crippen LogP contribution in [0, 0.1) is 0 Å². The summed E-state index contributed by atoms with van der Waals surface area (Å²) < 4.78 is 0. The van der Waals surface area contributed by atoms with E-state index in [4.69, 9.17) is 0 Å². The second-order valence-corrected chi connectivity index (χ2v) is 0. The van der Waals surface area contributed by atoms with Gasteiger partial charge in [0.05, 0.1) is 0 Å². The van der Waals surface area contributed by atoms with E-state index in [0.717, 1.165) is 0 Å². The van der Waals surface area contributed by atoms with Gasteiger partial charge in [0.25, 0.3) is 0 Å². The first kappa shape index (κ1) is 157. The van der Waals surface area contributed by atoms with E-state index in [1.54, 1.807) is 0 Å². The van der Waals surface area contributed by atoms with Crippen LogP contribution in [0.25, 0.3) is 0 Å². The van der Waals surface area contributed by atoms with Crippen molar-refractivity contribution in [1.29, 1.82) is 0 Å². The molecule has 5 nitrogen and oxygen atoms in total. The van der Waals surface area contributed by atoms with Crippen molar-refractivity contribution >= 4 is 71.9 Å². The van der Waals surface area contributed by atoms with Gasteiger partial charge in [0.2, 0.25) is 0 Å². The normalized spacial score (nSPS) is 0. The molecule has 0 fully saturated rings. The van der Waals surface area contributed by atoms with E-state index >= 15 is 0 Å². The molecule has 0 unspecified atom stereocenters. The fourth-order valence-corrected chi connectivity index (χ4v) is 0. The van der Waals surface area contributed by atoms with E-state index in [2.05, 4.69) is 0 Å². The third kappa shape index (κ3) is 95.3. The van der Waals surface area contributed by atoms with Crippen molar-refractivity contribution in [1.82, 2.24) is 0 Å². The third-order valence-electron chi connectivity index (χ3n) is 0. The molecule has 54 valence electrons. The first-order valence-corrected chi connectivity index (χ1v) is 0. The molecule has 0 aliphatic rings. The summed E-state index contributed by atoms with van der Waals surface area (Å²) in [6, 6.07) is 0. The van der Waals surface area contributed by atoms with Crippen LogP contribution in [0.5, 0.6) is 0 Å². The Bertz CT molecular complexity index is 21.6. The van der Waals surface area contributed by atoms with Crippen molar-refractivity contribution in [2.45, 2.75) is 0 Å². The predicted molar refractivity (Wildman–Crippen MR) is 14.9 cm³/mol. The first-order valence-electron chi connectivity index (χ1n) is 0. The Kier molecular flexibility index (Phi) is 1930. The minimum Gasteiger partial charge on any atom is -2.00 e. The summed E-state index contributed by atoms with van der Waals surface area (Å²) >= 11 is 0. The zero-order valence-corrected chi connectivity index (χ0v) is 15.8. The van der Waals surface area contributed by atoms with Crippen LogP contribution in [0.4, 0.5) is 0 Å². The molecule has 0 saturated heterocycles. The number of hydrogen-bond donors (Lipinski definition) is 0. The van der Waals surface area contributed by atoms with Crippen LogP contribution in [0.1, 0.15) is 0 Å². The Morgan fingerprint density at radius 3 is 0.600 bits per heavy atom. The summed E-state index contributed by atoms with van der Waals surface area (Å²) in [5.41, 5.74) is 0. The molecule has 0 heterocycles. The maximum atomic E-state index is 0. The Morgan fingerprint density at radius 2 is 0.600 bits per heavy atom. The van der Waals surface area contributed by atoms with Crippen LogP contribution in [-0.4, -0.2) is 71.9 Å². The molecular weight excluding hydrogens is 426 g/mol. The maximum Gasteiger partial charge on any atom is 2.00 e. The van der Waals surface area contributed by atoms with Gasteiger partial charge in [-0.3, -0.25) is 0 Å². The van der Waals surface area contributed by atoms with Gasteiger partial charge in [-0.2, -0.15) is 0 Å². The van der Waals surface area contributed by atoms with Crippen LogP contribution < -0.4 is 0 Å². The van der Waals surface area contributed by atoms with Gasteiger partial charge in [0.1, 0.15) is 0 Å². The molecule has 0 N–H and O–H groups in total. The Labute approximate surface area is 150 Å². The molecule has 0 atom stereocenters. The number of hydrogen-bond acceptors (Lipinski definition) is 0. The van der Waals surface area contributed by atoms with E-state index in [0.29, 0.717) is 0 Å². The minimum absolute atomic E-state index is 0. The summed E-state index contributed by atoms with van der Waals surface area (Å²) in [5, 5.41) is 0. The molecule has 0 spiro atoms. The van der Waals surface area contributed by atoms with Gasteiger partial charge in [-0.1, -0.05) is 0 Å². The van der Waals surface area contributed by atoms with Gasteiger partial charge >= 0.3 is 126 Å². The second-order valence-electron chi connectivity index (χ2n) is 0. The Hall–Kier alpha value is 3.80. The number of rotatable bonds is 0. The van der Waals surface area contributed by atoms with E-state index in [1.807, 2.05) is 0 Å². The van der Waals surface area contributed by atoms with Gasteiger partial charge in [-0.15, -0.1) is 0 Å². The Morgan fingerprint density at radius 1 is 0.600 bits per heavy atom.